The Morgan fingerprint density at radius 2 is 1.65 bits per heavy atom. The predicted molar refractivity (Wildman–Crippen MR) is 170 cm³/mol. The number of benzene rings is 4. The molecule has 0 saturated carbocycles. The van der Waals surface area contributed by atoms with E-state index in [-0.39, 0.29) is 30.7 Å². The molecule has 0 bridgehead atoms. The third kappa shape index (κ3) is 6.88. The van der Waals surface area contributed by atoms with Crippen LogP contribution in [0, 0.1) is 0 Å². The Labute approximate surface area is 253 Å². The Hall–Kier alpha value is -4.65. The highest BCUT2D eigenvalue weighted by Gasteiger charge is 2.32. The lowest BCUT2D eigenvalue weighted by molar-refractivity contribution is -0.141. The van der Waals surface area contributed by atoms with Crippen LogP contribution in [0.1, 0.15) is 54.1 Å². The summed E-state index contributed by atoms with van der Waals surface area (Å²) >= 11 is 0. The summed E-state index contributed by atoms with van der Waals surface area (Å²) in [6.07, 6.45) is 2.90. The maximum atomic E-state index is 14.0. The number of hydrogen-bond donors (Lipinski definition) is 1. The van der Waals surface area contributed by atoms with Gasteiger partial charge in [-0.25, -0.2) is 0 Å². The minimum absolute atomic E-state index is 0.0373. The van der Waals surface area contributed by atoms with Crippen LogP contribution in [0.4, 0.5) is 5.69 Å². The number of nitrogens with one attached hydrogen (secondary N) is 1. The maximum Gasteiger partial charge on any atom is 0.258 e. The smallest absolute Gasteiger partial charge is 0.258 e. The summed E-state index contributed by atoms with van der Waals surface area (Å²) in [5.41, 5.74) is 3.45. The molecule has 0 fully saturated rings. The van der Waals surface area contributed by atoms with E-state index in [4.69, 9.17) is 4.74 Å². The second kappa shape index (κ2) is 14.0. The fourth-order valence-electron chi connectivity index (χ4n) is 5.76. The van der Waals surface area contributed by atoms with E-state index in [2.05, 4.69) is 12.2 Å². The molecular weight excluding hydrogens is 538 g/mol. The molecule has 1 N–H and O–H groups in total. The number of methoxy groups -OCH3 is 1. The minimum atomic E-state index is -0.690. The number of rotatable bonds is 14. The van der Waals surface area contributed by atoms with E-state index >= 15 is 0 Å². The molecule has 0 spiro atoms. The van der Waals surface area contributed by atoms with E-state index in [0.29, 0.717) is 37.2 Å². The van der Waals surface area contributed by atoms with Crippen LogP contribution in [0.2, 0.25) is 0 Å². The van der Waals surface area contributed by atoms with Crippen molar-refractivity contribution in [1.29, 1.82) is 0 Å². The second-order valence-corrected chi connectivity index (χ2v) is 11.0. The van der Waals surface area contributed by atoms with Crippen molar-refractivity contribution in [2.24, 2.45) is 0 Å². The number of unbranched alkanes of at least 4 members (excludes halogenated alkanes) is 1. The molecule has 5 rings (SSSR count). The van der Waals surface area contributed by atoms with E-state index in [9.17, 15) is 14.4 Å². The quantitative estimate of drug-likeness (QED) is 0.183. The fourth-order valence-corrected chi connectivity index (χ4v) is 5.76. The molecule has 0 saturated heterocycles. The standard InChI is InChI=1S/C36H39N3O4/c1-3-4-21-37-35(41)32(24-26-12-6-5-7-13-26)39(25-27-14-8-17-29(23-27)43-2)33(40)20-11-22-38-31-19-10-16-28-15-9-18-30(34(28)31)36(38)42/h5-10,12-19,23,32H,3-4,11,20-22,24-25H2,1-2H3,(H,37,41). The van der Waals surface area contributed by atoms with Crippen molar-refractivity contribution in [1.82, 2.24) is 10.2 Å². The van der Waals surface area contributed by atoms with Crippen LogP contribution >= 0.6 is 0 Å². The summed E-state index contributed by atoms with van der Waals surface area (Å²) in [6.45, 7) is 3.32. The second-order valence-electron chi connectivity index (χ2n) is 11.0. The average molecular weight is 578 g/mol. The molecule has 43 heavy (non-hydrogen) atoms. The van der Waals surface area contributed by atoms with Crippen molar-refractivity contribution in [3.63, 3.8) is 0 Å². The highest BCUT2D eigenvalue weighted by Crippen LogP contribution is 2.37. The summed E-state index contributed by atoms with van der Waals surface area (Å²) in [6, 6.07) is 28.4. The zero-order valence-corrected chi connectivity index (χ0v) is 24.9. The first kappa shape index (κ1) is 29.8. The van der Waals surface area contributed by atoms with Crippen LogP contribution in [-0.2, 0) is 22.6 Å². The van der Waals surface area contributed by atoms with Crippen LogP contribution in [0.25, 0.3) is 10.8 Å². The molecule has 1 aliphatic heterocycles. The summed E-state index contributed by atoms with van der Waals surface area (Å²) in [7, 11) is 1.61. The van der Waals surface area contributed by atoms with Gasteiger partial charge in [-0.2, -0.15) is 0 Å². The molecule has 4 aromatic rings. The Kier molecular flexibility index (Phi) is 9.72. The zero-order valence-electron chi connectivity index (χ0n) is 24.9. The predicted octanol–water partition coefficient (Wildman–Crippen LogP) is 6.15. The number of anilines is 1. The van der Waals surface area contributed by atoms with Crippen LogP contribution in [-0.4, -0.2) is 48.9 Å². The molecule has 0 aromatic heterocycles. The summed E-state index contributed by atoms with van der Waals surface area (Å²) < 4.78 is 5.43. The maximum absolute atomic E-state index is 14.0. The highest BCUT2D eigenvalue weighted by molar-refractivity contribution is 6.25. The SMILES string of the molecule is CCCCNC(=O)C(Cc1ccccc1)N(Cc1cccc(OC)c1)C(=O)CCCN1C(=O)c2cccc3cccc1c23. The van der Waals surface area contributed by atoms with Crippen LogP contribution in [0.5, 0.6) is 5.75 Å². The molecule has 1 atom stereocenters. The van der Waals surface area contributed by atoms with Crippen molar-refractivity contribution in [3.8, 4) is 5.75 Å². The number of hydrogen-bond acceptors (Lipinski definition) is 4. The van der Waals surface area contributed by atoms with Gasteiger partial charge in [0.2, 0.25) is 11.8 Å². The first-order valence-corrected chi connectivity index (χ1v) is 15.1. The van der Waals surface area contributed by atoms with Gasteiger partial charge in [-0.3, -0.25) is 14.4 Å². The van der Waals surface area contributed by atoms with Crippen molar-refractivity contribution < 1.29 is 19.1 Å². The first-order valence-electron chi connectivity index (χ1n) is 15.1. The molecule has 0 radical (unpaired) electrons. The van der Waals surface area contributed by atoms with Crippen molar-refractivity contribution in [2.75, 3.05) is 25.1 Å². The lowest BCUT2D eigenvalue weighted by atomic mass is 10.0. The van der Waals surface area contributed by atoms with Gasteiger partial charge in [-0.1, -0.05) is 80.1 Å². The summed E-state index contributed by atoms with van der Waals surface area (Å²) in [5.74, 6) is 0.366. The molecule has 3 amide bonds. The molecule has 7 nitrogen and oxygen atoms in total. The van der Waals surface area contributed by atoms with Crippen molar-refractivity contribution >= 4 is 34.2 Å². The number of nitrogens with zero attached hydrogens (tertiary/aromatic N) is 2. The van der Waals surface area contributed by atoms with E-state index in [1.165, 1.54) is 0 Å². The van der Waals surface area contributed by atoms with E-state index in [1.807, 2.05) is 91.0 Å². The van der Waals surface area contributed by atoms with Gasteiger partial charge in [0.05, 0.1) is 12.8 Å². The Morgan fingerprint density at radius 1 is 0.907 bits per heavy atom. The van der Waals surface area contributed by atoms with Gasteiger partial charge in [0.15, 0.2) is 0 Å². The Balaban J connectivity index is 1.37. The molecule has 1 heterocycles. The molecular formula is C36H39N3O4. The van der Waals surface area contributed by atoms with Crippen LogP contribution < -0.4 is 15.0 Å². The largest absolute Gasteiger partial charge is 0.497 e. The molecule has 1 aliphatic rings. The first-order chi connectivity index (χ1) is 21.0. The van der Waals surface area contributed by atoms with E-state index in [0.717, 1.165) is 40.4 Å². The summed E-state index contributed by atoms with van der Waals surface area (Å²) in [4.78, 5) is 44.5. The summed E-state index contributed by atoms with van der Waals surface area (Å²) in [5, 5.41) is 5.06. The Morgan fingerprint density at radius 3 is 2.42 bits per heavy atom. The monoisotopic (exact) mass is 577 g/mol. The van der Waals surface area contributed by atoms with Gasteiger partial charge in [-0.15, -0.1) is 0 Å². The molecule has 222 valence electrons. The fraction of sp³-hybridized carbons (Fsp3) is 0.306. The number of ether oxygens (including phenoxy) is 1. The van der Waals surface area contributed by atoms with Gasteiger partial charge in [-0.05, 0) is 53.6 Å². The topological polar surface area (TPSA) is 79.0 Å². The number of amides is 3. The van der Waals surface area contributed by atoms with Gasteiger partial charge in [0.1, 0.15) is 11.8 Å². The third-order valence-corrected chi connectivity index (χ3v) is 8.01. The minimum Gasteiger partial charge on any atom is -0.497 e. The van der Waals surface area contributed by atoms with Gasteiger partial charge in [0.25, 0.3) is 5.91 Å². The Bertz CT molecular complexity index is 1580. The molecule has 4 aromatic carbocycles. The van der Waals surface area contributed by atoms with Crippen molar-refractivity contribution in [3.05, 3.63) is 108 Å². The zero-order chi connectivity index (χ0) is 30.2. The van der Waals surface area contributed by atoms with Crippen molar-refractivity contribution in [2.45, 2.75) is 51.6 Å². The molecule has 0 aliphatic carbocycles. The average Bonchev–Trinajstić information content (AvgIpc) is 3.31. The number of carbonyl (C=O) groups is 3. The van der Waals surface area contributed by atoms with E-state index in [1.54, 1.807) is 16.9 Å². The lowest BCUT2D eigenvalue weighted by Crippen LogP contribution is -2.50. The molecule has 1 unspecified atom stereocenters. The lowest BCUT2D eigenvalue weighted by Gasteiger charge is -2.32. The third-order valence-electron chi connectivity index (χ3n) is 8.01. The molecule has 7 heteroatoms. The normalized spacial score (nSPS) is 12.8. The highest BCUT2D eigenvalue weighted by atomic mass is 16.5. The van der Waals surface area contributed by atoms with Crippen LogP contribution in [0.15, 0.2) is 91.0 Å². The van der Waals surface area contributed by atoms with Crippen LogP contribution in [0.3, 0.4) is 0 Å². The van der Waals surface area contributed by atoms with Gasteiger partial charge >= 0.3 is 0 Å². The van der Waals surface area contributed by atoms with Gasteiger partial charge < -0.3 is 19.9 Å². The number of carbonyl (C=O) groups excluding carboxylic acids is 3. The van der Waals surface area contributed by atoms with Gasteiger partial charge in [0, 0.05) is 43.4 Å². The van der Waals surface area contributed by atoms with E-state index < -0.39 is 6.04 Å².